The molecule has 0 amide bonds. The summed E-state index contributed by atoms with van der Waals surface area (Å²) >= 11 is 0. The van der Waals surface area contributed by atoms with Crippen molar-refractivity contribution in [1.29, 1.82) is 0 Å². The van der Waals surface area contributed by atoms with Crippen LogP contribution in [0.15, 0.2) is 84.9 Å². The Morgan fingerprint density at radius 2 is 1.37 bits per heavy atom. The van der Waals surface area contributed by atoms with E-state index in [1.807, 2.05) is 6.92 Å². The number of piperazine rings is 1. The highest BCUT2D eigenvalue weighted by atomic mass is 16.3. The number of aliphatic hydroxyl groups is 1. The summed E-state index contributed by atoms with van der Waals surface area (Å²) in [5.74, 6) is 0.809. The summed E-state index contributed by atoms with van der Waals surface area (Å²) in [6, 6.07) is 29.5. The van der Waals surface area contributed by atoms with Crippen molar-refractivity contribution >= 4 is 0 Å². The van der Waals surface area contributed by atoms with Gasteiger partial charge in [0.25, 0.3) is 0 Å². The topological polar surface area (TPSA) is 64.2 Å². The van der Waals surface area contributed by atoms with Crippen LogP contribution in [-0.4, -0.2) is 52.2 Å². The van der Waals surface area contributed by atoms with Crippen molar-refractivity contribution in [1.82, 2.24) is 20.2 Å². The zero-order valence-electron chi connectivity index (χ0n) is 23.0. The largest absolute Gasteiger partial charge is 0.385 e. The molecule has 2 atom stereocenters. The summed E-state index contributed by atoms with van der Waals surface area (Å²) in [6.45, 7) is 12.3. The second kappa shape index (κ2) is 11.2. The number of benzene rings is 3. The molecule has 1 fully saturated rings. The molecule has 2 unspecified atom stereocenters. The normalized spacial score (nSPS) is 16.5. The van der Waals surface area contributed by atoms with Gasteiger partial charge < -0.3 is 15.4 Å². The van der Waals surface area contributed by atoms with E-state index < -0.39 is 6.10 Å². The highest BCUT2D eigenvalue weighted by Crippen LogP contribution is 2.39. The van der Waals surface area contributed by atoms with Gasteiger partial charge in [0.15, 0.2) is 0 Å². The molecule has 2 heterocycles. The predicted molar refractivity (Wildman–Crippen MR) is 155 cm³/mol. The van der Waals surface area contributed by atoms with Gasteiger partial charge >= 0.3 is 0 Å². The van der Waals surface area contributed by atoms with Gasteiger partial charge in [0.1, 0.15) is 11.9 Å². The molecule has 3 N–H and O–H groups in total. The van der Waals surface area contributed by atoms with E-state index >= 15 is 0 Å². The smallest absolute Gasteiger partial charge is 0.138 e. The number of H-pyrrole nitrogens is 1. The Balaban J connectivity index is 1.61. The third-order valence-electron chi connectivity index (χ3n) is 7.75. The van der Waals surface area contributed by atoms with Crippen molar-refractivity contribution in [2.24, 2.45) is 0 Å². The molecule has 198 valence electrons. The van der Waals surface area contributed by atoms with E-state index in [1.54, 1.807) is 0 Å². The number of hydrogen-bond acceptors (Lipinski definition) is 4. The standard InChI is InChI=1S/C33H40N4O/c1-23-29(36-32(35-23)26-17-11-12-18-27(26)33(2,3)4)31(38)30(37-21-19-34-20-22-37)28(24-13-7-5-8-14-24)25-15-9-6-10-16-25/h5-18,28,30-31,34,38H,19-22H2,1-4H3,(H,35,36). The zero-order valence-corrected chi connectivity index (χ0v) is 23.0. The predicted octanol–water partition coefficient (Wildman–Crippen LogP) is 5.82. The van der Waals surface area contributed by atoms with Crippen molar-refractivity contribution in [2.75, 3.05) is 26.2 Å². The van der Waals surface area contributed by atoms with Crippen molar-refractivity contribution in [2.45, 2.75) is 51.2 Å². The maximum Gasteiger partial charge on any atom is 0.138 e. The fourth-order valence-electron chi connectivity index (χ4n) is 5.88. The Morgan fingerprint density at radius 1 is 0.816 bits per heavy atom. The number of nitrogens with zero attached hydrogens (tertiary/aromatic N) is 2. The maximum absolute atomic E-state index is 12.3. The Kier molecular flexibility index (Phi) is 7.80. The van der Waals surface area contributed by atoms with E-state index in [4.69, 9.17) is 4.98 Å². The molecule has 38 heavy (non-hydrogen) atoms. The van der Waals surface area contributed by atoms with E-state index in [9.17, 15) is 5.11 Å². The molecule has 1 aliphatic rings. The van der Waals surface area contributed by atoms with Crippen molar-refractivity contribution in [3.63, 3.8) is 0 Å². The van der Waals surface area contributed by atoms with E-state index in [-0.39, 0.29) is 17.4 Å². The average Bonchev–Trinajstić information content (AvgIpc) is 3.33. The number of aromatic nitrogens is 2. The number of imidazole rings is 1. The van der Waals surface area contributed by atoms with Gasteiger partial charge in [0.05, 0.1) is 11.7 Å². The summed E-state index contributed by atoms with van der Waals surface area (Å²) in [5.41, 5.74) is 6.34. The fraction of sp³-hybridized carbons (Fsp3) is 0.364. The second-order valence-electron chi connectivity index (χ2n) is 11.4. The lowest BCUT2D eigenvalue weighted by Gasteiger charge is -2.42. The minimum Gasteiger partial charge on any atom is -0.385 e. The number of aryl methyl sites for hydroxylation is 1. The molecule has 5 rings (SSSR count). The molecule has 0 radical (unpaired) electrons. The monoisotopic (exact) mass is 508 g/mol. The summed E-state index contributed by atoms with van der Waals surface area (Å²) in [5, 5.41) is 15.7. The van der Waals surface area contributed by atoms with Gasteiger partial charge in [-0.25, -0.2) is 4.98 Å². The number of aromatic amines is 1. The van der Waals surface area contributed by atoms with Gasteiger partial charge in [-0.05, 0) is 29.0 Å². The Bertz CT molecular complexity index is 1280. The summed E-state index contributed by atoms with van der Waals surface area (Å²) in [7, 11) is 0. The summed E-state index contributed by atoms with van der Waals surface area (Å²) in [4.78, 5) is 11.1. The van der Waals surface area contributed by atoms with Gasteiger partial charge in [-0.15, -0.1) is 0 Å². The number of rotatable bonds is 7. The molecular weight excluding hydrogens is 468 g/mol. The highest BCUT2D eigenvalue weighted by molar-refractivity contribution is 5.63. The minimum atomic E-state index is -0.773. The molecule has 3 aromatic carbocycles. The van der Waals surface area contributed by atoms with E-state index in [0.29, 0.717) is 0 Å². The van der Waals surface area contributed by atoms with Crippen LogP contribution in [0, 0.1) is 6.92 Å². The van der Waals surface area contributed by atoms with Crippen molar-refractivity contribution in [3.05, 3.63) is 113 Å². The van der Waals surface area contributed by atoms with E-state index in [0.717, 1.165) is 49.0 Å². The first-order valence-electron chi connectivity index (χ1n) is 13.7. The Morgan fingerprint density at radius 3 is 1.95 bits per heavy atom. The third kappa shape index (κ3) is 5.46. The summed E-state index contributed by atoms with van der Waals surface area (Å²) in [6.07, 6.45) is -0.773. The molecule has 1 saturated heterocycles. The molecule has 0 bridgehead atoms. The van der Waals surface area contributed by atoms with Crippen molar-refractivity contribution < 1.29 is 5.11 Å². The molecule has 0 aliphatic carbocycles. The van der Waals surface area contributed by atoms with E-state index in [2.05, 4.69) is 121 Å². The first-order valence-corrected chi connectivity index (χ1v) is 13.7. The van der Waals surface area contributed by atoms with Gasteiger partial charge in [-0.3, -0.25) is 4.90 Å². The Hall–Kier alpha value is -3.25. The van der Waals surface area contributed by atoms with Crippen LogP contribution < -0.4 is 5.32 Å². The lowest BCUT2D eigenvalue weighted by molar-refractivity contribution is 0.0295. The first-order chi connectivity index (χ1) is 18.3. The molecule has 1 aromatic heterocycles. The minimum absolute atomic E-state index is 0.00749. The lowest BCUT2D eigenvalue weighted by Crippen LogP contribution is -2.52. The third-order valence-corrected chi connectivity index (χ3v) is 7.75. The van der Waals surface area contributed by atoms with Gasteiger partial charge in [0.2, 0.25) is 0 Å². The molecule has 4 aromatic rings. The SMILES string of the molecule is Cc1[nH]c(-c2ccccc2C(C)(C)C)nc1C(O)C(C(c1ccccc1)c1ccccc1)N1CCNCC1. The van der Waals surface area contributed by atoms with Crippen molar-refractivity contribution in [3.8, 4) is 11.4 Å². The van der Waals surface area contributed by atoms with Crippen LogP contribution in [0.25, 0.3) is 11.4 Å². The second-order valence-corrected chi connectivity index (χ2v) is 11.4. The van der Waals surface area contributed by atoms with Crippen LogP contribution in [0.3, 0.4) is 0 Å². The first kappa shape index (κ1) is 26.4. The highest BCUT2D eigenvalue weighted by Gasteiger charge is 2.38. The van der Waals surface area contributed by atoms with Gasteiger partial charge in [-0.1, -0.05) is 106 Å². The van der Waals surface area contributed by atoms with Crippen LogP contribution in [0.5, 0.6) is 0 Å². The van der Waals surface area contributed by atoms with Crippen LogP contribution in [0.1, 0.15) is 60.9 Å². The number of aliphatic hydroxyl groups excluding tert-OH is 1. The van der Waals surface area contributed by atoms with Crippen LogP contribution >= 0.6 is 0 Å². The number of hydrogen-bond donors (Lipinski definition) is 3. The molecular formula is C33H40N4O. The number of nitrogens with one attached hydrogen (secondary N) is 2. The molecule has 5 heteroatoms. The average molecular weight is 509 g/mol. The Labute approximate surface area is 227 Å². The van der Waals surface area contributed by atoms with Gasteiger partial charge in [-0.2, -0.15) is 0 Å². The van der Waals surface area contributed by atoms with Crippen LogP contribution in [0.2, 0.25) is 0 Å². The van der Waals surface area contributed by atoms with Crippen LogP contribution in [0.4, 0.5) is 0 Å². The van der Waals surface area contributed by atoms with Gasteiger partial charge in [0, 0.05) is 43.4 Å². The quantitative estimate of drug-likeness (QED) is 0.294. The molecule has 0 saturated carbocycles. The zero-order chi connectivity index (χ0) is 26.7. The molecule has 0 spiro atoms. The van der Waals surface area contributed by atoms with Crippen LogP contribution in [-0.2, 0) is 5.41 Å². The van der Waals surface area contributed by atoms with E-state index in [1.165, 1.54) is 16.7 Å². The molecule has 5 nitrogen and oxygen atoms in total. The maximum atomic E-state index is 12.3. The summed E-state index contributed by atoms with van der Waals surface area (Å²) < 4.78 is 0. The molecule has 1 aliphatic heterocycles. The lowest BCUT2D eigenvalue weighted by atomic mass is 9.80. The fourth-order valence-corrected chi connectivity index (χ4v) is 5.88.